The summed E-state index contributed by atoms with van der Waals surface area (Å²) >= 11 is 0. The van der Waals surface area contributed by atoms with Gasteiger partial charge in [-0.05, 0) is 38.5 Å². The molecule has 0 amide bonds. The minimum absolute atomic E-state index is 0.231. The number of benzene rings is 1. The predicted molar refractivity (Wildman–Crippen MR) is 97.1 cm³/mol. The maximum absolute atomic E-state index is 12.4. The summed E-state index contributed by atoms with van der Waals surface area (Å²) in [5.74, 6) is 2.51. The van der Waals surface area contributed by atoms with E-state index in [1.165, 1.54) is 0 Å². The standard InChI is InChI=1S/C19H19N3O5/c1-4-24-19(23)15-10(2)27-18-16(15)17(21-11(3)22-18)20-8-12-5-6-13-14(7-12)26-9-25-13/h5-7H,4,8-9H2,1-3H3,(H,20,21,22). The Balaban J connectivity index is 1.69. The number of ether oxygens (including phenoxy) is 3. The Morgan fingerprint density at radius 1 is 1.22 bits per heavy atom. The molecular weight excluding hydrogens is 350 g/mol. The van der Waals surface area contributed by atoms with Gasteiger partial charge in [-0.2, -0.15) is 4.98 Å². The van der Waals surface area contributed by atoms with Crippen molar-refractivity contribution in [3.8, 4) is 11.5 Å². The van der Waals surface area contributed by atoms with Gasteiger partial charge in [0.25, 0.3) is 0 Å². The number of carbonyl (C=O) groups is 1. The van der Waals surface area contributed by atoms with Gasteiger partial charge in [-0.1, -0.05) is 6.07 Å². The zero-order valence-electron chi connectivity index (χ0n) is 15.3. The van der Waals surface area contributed by atoms with Gasteiger partial charge >= 0.3 is 5.97 Å². The van der Waals surface area contributed by atoms with Crippen molar-refractivity contribution < 1.29 is 23.4 Å². The van der Waals surface area contributed by atoms with Crippen LogP contribution in [0.25, 0.3) is 11.1 Å². The lowest BCUT2D eigenvalue weighted by Crippen LogP contribution is -2.08. The molecule has 8 nitrogen and oxygen atoms in total. The van der Waals surface area contributed by atoms with Crippen LogP contribution in [0.4, 0.5) is 5.82 Å². The van der Waals surface area contributed by atoms with Crippen LogP contribution in [0.15, 0.2) is 22.6 Å². The zero-order valence-corrected chi connectivity index (χ0v) is 15.3. The molecule has 0 saturated carbocycles. The van der Waals surface area contributed by atoms with Crippen LogP contribution in [-0.4, -0.2) is 29.3 Å². The highest BCUT2D eigenvalue weighted by molar-refractivity contribution is 6.07. The van der Waals surface area contributed by atoms with Gasteiger partial charge in [0.15, 0.2) is 11.5 Å². The molecule has 2 aromatic heterocycles. The average molecular weight is 369 g/mol. The fourth-order valence-electron chi connectivity index (χ4n) is 3.03. The lowest BCUT2D eigenvalue weighted by Gasteiger charge is -2.09. The smallest absolute Gasteiger partial charge is 0.342 e. The van der Waals surface area contributed by atoms with E-state index >= 15 is 0 Å². The molecule has 0 radical (unpaired) electrons. The molecule has 1 aliphatic rings. The maximum atomic E-state index is 12.4. The number of carbonyl (C=O) groups excluding carboxylic acids is 1. The van der Waals surface area contributed by atoms with E-state index in [9.17, 15) is 4.79 Å². The van der Waals surface area contributed by atoms with Gasteiger partial charge in [0.2, 0.25) is 12.5 Å². The lowest BCUT2D eigenvalue weighted by atomic mass is 10.1. The summed E-state index contributed by atoms with van der Waals surface area (Å²) in [6, 6.07) is 5.72. The summed E-state index contributed by atoms with van der Waals surface area (Å²) < 4.78 is 21.6. The normalized spacial score (nSPS) is 12.4. The number of nitrogens with one attached hydrogen (secondary N) is 1. The number of hydrogen-bond acceptors (Lipinski definition) is 8. The van der Waals surface area contributed by atoms with E-state index in [2.05, 4.69) is 15.3 Å². The summed E-state index contributed by atoms with van der Waals surface area (Å²) in [5, 5.41) is 3.80. The first-order chi connectivity index (χ1) is 13.1. The van der Waals surface area contributed by atoms with E-state index in [4.69, 9.17) is 18.6 Å². The van der Waals surface area contributed by atoms with E-state index in [0.717, 1.165) is 11.3 Å². The largest absolute Gasteiger partial charge is 0.462 e. The molecule has 0 fully saturated rings. The third-order valence-corrected chi connectivity index (χ3v) is 4.22. The van der Waals surface area contributed by atoms with Crippen LogP contribution in [-0.2, 0) is 11.3 Å². The number of esters is 1. The minimum Gasteiger partial charge on any atom is -0.462 e. The number of anilines is 1. The third-order valence-electron chi connectivity index (χ3n) is 4.22. The molecule has 1 aliphatic heterocycles. The summed E-state index contributed by atoms with van der Waals surface area (Å²) in [4.78, 5) is 21.1. The van der Waals surface area contributed by atoms with E-state index in [1.54, 1.807) is 20.8 Å². The van der Waals surface area contributed by atoms with Crippen molar-refractivity contribution in [3.63, 3.8) is 0 Å². The number of hydrogen-bond donors (Lipinski definition) is 1. The van der Waals surface area contributed by atoms with Crippen molar-refractivity contribution in [3.05, 3.63) is 40.9 Å². The molecule has 3 heterocycles. The van der Waals surface area contributed by atoms with Crippen molar-refractivity contribution in [2.24, 2.45) is 0 Å². The number of nitrogens with zero attached hydrogens (tertiary/aromatic N) is 2. The first kappa shape index (κ1) is 17.1. The number of fused-ring (bicyclic) bond motifs is 2. The second-order valence-electron chi connectivity index (χ2n) is 6.09. The van der Waals surface area contributed by atoms with Crippen molar-refractivity contribution in [1.29, 1.82) is 0 Å². The summed E-state index contributed by atoms with van der Waals surface area (Å²) in [6.07, 6.45) is 0. The molecule has 140 valence electrons. The van der Waals surface area contributed by atoms with Crippen LogP contribution in [0.1, 0.15) is 34.4 Å². The summed E-state index contributed by atoms with van der Waals surface area (Å²) in [6.45, 7) is 6.23. The van der Waals surface area contributed by atoms with Gasteiger partial charge in [-0.15, -0.1) is 0 Å². The van der Waals surface area contributed by atoms with Gasteiger partial charge in [0.05, 0.1) is 12.0 Å². The number of aryl methyl sites for hydroxylation is 2. The van der Waals surface area contributed by atoms with Gasteiger partial charge in [-0.3, -0.25) is 0 Å². The first-order valence-corrected chi connectivity index (χ1v) is 8.64. The van der Waals surface area contributed by atoms with E-state index in [0.29, 0.717) is 46.4 Å². The lowest BCUT2D eigenvalue weighted by molar-refractivity contribution is 0.0526. The van der Waals surface area contributed by atoms with Crippen LogP contribution in [0.3, 0.4) is 0 Å². The van der Waals surface area contributed by atoms with Crippen LogP contribution >= 0.6 is 0 Å². The third kappa shape index (κ3) is 3.14. The number of rotatable bonds is 5. The molecule has 0 saturated heterocycles. The highest BCUT2D eigenvalue weighted by atomic mass is 16.7. The average Bonchev–Trinajstić information content (AvgIpc) is 3.22. The fraction of sp³-hybridized carbons (Fsp3) is 0.316. The molecule has 8 heteroatoms. The SMILES string of the molecule is CCOC(=O)c1c(C)oc2nc(C)nc(NCc3ccc4c(c3)OCO4)c12. The maximum Gasteiger partial charge on any atom is 0.342 e. The zero-order chi connectivity index (χ0) is 19.0. The molecule has 1 N–H and O–H groups in total. The quantitative estimate of drug-likeness (QED) is 0.684. The van der Waals surface area contributed by atoms with Crippen molar-refractivity contribution in [2.45, 2.75) is 27.3 Å². The summed E-state index contributed by atoms with van der Waals surface area (Å²) in [7, 11) is 0. The van der Waals surface area contributed by atoms with Crippen molar-refractivity contribution in [1.82, 2.24) is 9.97 Å². The monoisotopic (exact) mass is 369 g/mol. The molecule has 27 heavy (non-hydrogen) atoms. The number of aromatic nitrogens is 2. The Morgan fingerprint density at radius 2 is 2.04 bits per heavy atom. The molecule has 3 aromatic rings. The Kier molecular flexibility index (Phi) is 4.31. The second-order valence-corrected chi connectivity index (χ2v) is 6.09. The van der Waals surface area contributed by atoms with Gasteiger partial charge < -0.3 is 23.9 Å². The van der Waals surface area contributed by atoms with Crippen molar-refractivity contribution >= 4 is 22.9 Å². The molecular formula is C19H19N3O5. The first-order valence-electron chi connectivity index (χ1n) is 8.64. The minimum atomic E-state index is -0.452. The predicted octanol–water partition coefficient (Wildman–Crippen LogP) is 3.36. The molecule has 4 rings (SSSR count). The molecule has 0 atom stereocenters. The molecule has 0 bridgehead atoms. The fourth-order valence-corrected chi connectivity index (χ4v) is 3.03. The van der Waals surface area contributed by atoms with Gasteiger partial charge in [-0.25, -0.2) is 9.78 Å². The topological polar surface area (TPSA) is 95.7 Å². The molecule has 1 aromatic carbocycles. The number of furan rings is 1. The van der Waals surface area contributed by atoms with E-state index in [1.807, 2.05) is 18.2 Å². The van der Waals surface area contributed by atoms with Crippen LogP contribution in [0.5, 0.6) is 11.5 Å². The van der Waals surface area contributed by atoms with Crippen LogP contribution in [0, 0.1) is 13.8 Å². The highest BCUT2D eigenvalue weighted by Crippen LogP contribution is 2.34. The van der Waals surface area contributed by atoms with E-state index < -0.39 is 5.97 Å². The van der Waals surface area contributed by atoms with E-state index in [-0.39, 0.29) is 13.4 Å². The Morgan fingerprint density at radius 3 is 2.85 bits per heavy atom. The van der Waals surface area contributed by atoms with Crippen LogP contribution < -0.4 is 14.8 Å². The van der Waals surface area contributed by atoms with Crippen molar-refractivity contribution in [2.75, 3.05) is 18.7 Å². The Bertz CT molecular complexity index is 1030. The molecule has 0 unspecified atom stereocenters. The highest BCUT2D eigenvalue weighted by Gasteiger charge is 2.24. The second kappa shape index (κ2) is 6.79. The van der Waals surface area contributed by atoms with Gasteiger partial charge in [0.1, 0.15) is 23.0 Å². The Labute approximate surface area is 155 Å². The van der Waals surface area contributed by atoms with Crippen LogP contribution in [0.2, 0.25) is 0 Å². The summed E-state index contributed by atoms with van der Waals surface area (Å²) in [5.41, 5.74) is 1.69. The molecule has 0 spiro atoms. The van der Waals surface area contributed by atoms with Gasteiger partial charge in [0, 0.05) is 6.54 Å². The molecule has 0 aliphatic carbocycles. The Hall–Kier alpha value is -3.29.